The van der Waals surface area contributed by atoms with Crippen LogP contribution in [0.25, 0.3) is 0 Å². The molecule has 19 heavy (non-hydrogen) atoms. The van der Waals surface area contributed by atoms with Crippen LogP contribution in [0.4, 0.5) is 0 Å². The molecular weight excluding hydrogens is 258 g/mol. The zero-order valence-electron chi connectivity index (χ0n) is 12.2. The zero-order chi connectivity index (χ0) is 13.8. The molecule has 1 aliphatic carbocycles. The van der Waals surface area contributed by atoms with Crippen molar-refractivity contribution in [2.45, 2.75) is 45.1 Å². The minimum Gasteiger partial charge on any atom is -0.493 e. The van der Waals surface area contributed by atoms with Gasteiger partial charge < -0.3 is 9.64 Å². The van der Waals surface area contributed by atoms with Gasteiger partial charge in [0.15, 0.2) is 0 Å². The van der Waals surface area contributed by atoms with Gasteiger partial charge in [-0.2, -0.15) is 0 Å². The minimum atomic E-state index is 0.422. The van der Waals surface area contributed by atoms with Crippen LogP contribution < -0.4 is 4.74 Å². The molecule has 0 radical (unpaired) electrons. The third-order valence-corrected chi connectivity index (χ3v) is 4.21. The second-order valence-corrected chi connectivity index (χ2v) is 5.92. The van der Waals surface area contributed by atoms with Crippen molar-refractivity contribution in [1.82, 2.24) is 4.90 Å². The highest BCUT2D eigenvalue weighted by Crippen LogP contribution is 2.41. The van der Waals surface area contributed by atoms with Gasteiger partial charge in [-0.05, 0) is 57.5 Å². The quantitative estimate of drug-likeness (QED) is 0.739. The lowest BCUT2D eigenvalue weighted by molar-refractivity contribution is 0.261. The molecule has 1 atom stereocenters. The van der Waals surface area contributed by atoms with E-state index in [2.05, 4.69) is 25.9 Å². The average Bonchev–Trinajstić information content (AvgIpc) is 2.41. The van der Waals surface area contributed by atoms with Crippen LogP contribution >= 0.6 is 11.6 Å². The number of ether oxygens (including phenoxy) is 1. The second kappa shape index (κ2) is 6.62. The van der Waals surface area contributed by atoms with Crippen LogP contribution in [0.3, 0.4) is 0 Å². The first kappa shape index (κ1) is 14.7. The van der Waals surface area contributed by atoms with E-state index in [1.54, 1.807) is 0 Å². The van der Waals surface area contributed by atoms with E-state index in [4.69, 9.17) is 16.3 Å². The molecule has 0 spiro atoms. The number of unbranched alkanes of at least 4 members (excludes halogenated alkanes) is 1. The molecule has 3 heteroatoms. The molecule has 0 N–H and O–H groups in total. The maximum atomic E-state index is 6.43. The van der Waals surface area contributed by atoms with Crippen molar-refractivity contribution in [2.24, 2.45) is 0 Å². The van der Waals surface area contributed by atoms with Crippen molar-refractivity contribution in [2.75, 3.05) is 20.7 Å². The van der Waals surface area contributed by atoms with E-state index in [9.17, 15) is 0 Å². The van der Waals surface area contributed by atoms with Gasteiger partial charge in [0.2, 0.25) is 0 Å². The molecule has 2 rings (SSSR count). The monoisotopic (exact) mass is 281 g/mol. The summed E-state index contributed by atoms with van der Waals surface area (Å²) in [6.07, 6.45) is 5.74. The Bertz CT molecular complexity index is 431. The Morgan fingerprint density at radius 3 is 2.84 bits per heavy atom. The van der Waals surface area contributed by atoms with Crippen molar-refractivity contribution < 1.29 is 4.74 Å². The molecule has 0 saturated carbocycles. The lowest BCUT2D eigenvalue weighted by Gasteiger charge is -2.32. The summed E-state index contributed by atoms with van der Waals surface area (Å²) in [4.78, 5) is 2.26. The first-order chi connectivity index (χ1) is 9.15. The van der Waals surface area contributed by atoms with E-state index in [1.807, 2.05) is 12.1 Å². The van der Waals surface area contributed by atoms with Crippen LogP contribution in [-0.2, 0) is 6.42 Å². The van der Waals surface area contributed by atoms with Gasteiger partial charge in [0.1, 0.15) is 5.75 Å². The van der Waals surface area contributed by atoms with E-state index in [0.717, 1.165) is 36.6 Å². The fourth-order valence-electron chi connectivity index (χ4n) is 2.83. The van der Waals surface area contributed by atoms with Gasteiger partial charge >= 0.3 is 0 Å². The summed E-state index contributed by atoms with van der Waals surface area (Å²) in [5, 5.41) is 0.885. The SMILES string of the molecule is CCCCOc1ccc(Cl)c2c1CCCC2N(C)C. The fraction of sp³-hybridized carbons (Fsp3) is 0.625. The fourth-order valence-corrected chi connectivity index (χ4v) is 3.13. The Morgan fingerprint density at radius 1 is 1.37 bits per heavy atom. The molecule has 0 amide bonds. The maximum absolute atomic E-state index is 6.43. The van der Waals surface area contributed by atoms with Crippen molar-refractivity contribution in [3.63, 3.8) is 0 Å². The average molecular weight is 282 g/mol. The summed E-state index contributed by atoms with van der Waals surface area (Å²) in [5.41, 5.74) is 2.61. The van der Waals surface area contributed by atoms with Gasteiger partial charge in [0.25, 0.3) is 0 Å². The van der Waals surface area contributed by atoms with Crippen LogP contribution in [-0.4, -0.2) is 25.6 Å². The molecule has 0 heterocycles. The summed E-state index contributed by atoms with van der Waals surface area (Å²) in [6.45, 7) is 2.99. The van der Waals surface area contributed by atoms with Gasteiger partial charge in [0.05, 0.1) is 6.61 Å². The van der Waals surface area contributed by atoms with E-state index < -0.39 is 0 Å². The van der Waals surface area contributed by atoms with Crippen LogP contribution in [0.5, 0.6) is 5.75 Å². The van der Waals surface area contributed by atoms with Gasteiger partial charge in [-0.3, -0.25) is 0 Å². The van der Waals surface area contributed by atoms with Crippen molar-refractivity contribution in [3.05, 3.63) is 28.3 Å². The molecule has 2 nitrogen and oxygen atoms in total. The minimum absolute atomic E-state index is 0.422. The maximum Gasteiger partial charge on any atom is 0.122 e. The molecule has 106 valence electrons. The summed E-state index contributed by atoms with van der Waals surface area (Å²) in [5.74, 6) is 1.04. The molecule has 0 aliphatic heterocycles. The van der Waals surface area contributed by atoms with Crippen molar-refractivity contribution in [3.8, 4) is 5.75 Å². The molecule has 0 saturated heterocycles. The highest BCUT2D eigenvalue weighted by molar-refractivity contribution is 6.31. The second-order valence-electron chi connectivity index (χ2n) is 5.51. The third-order valence-electron chi connectivity index (χ3n) is 3.88. The van der Waals surface area contributed by atoms with Gasteiger partial charge in [-0.1, -0.05) is 24.9 Å². The number of halogens is 1. The lowest BCUT2D eigenvalue weighted by atomic mass is 9.86. The standard InChI is InChI=1S/C16H24ClNO/c1-4-5-11-19-15-10-9-13(17)16-12(15)7-6-8-14(16)18(2)3/h9-10,14H,4-8,11H2,1-3H3. The van der Waals surface area contributed by atoms with E-state index in [0.29, 0.717) is 6.04 Å². The predicted octanol–water partition coefficient (Wildman–Crippen LogP) is 4.46. The highest BCUT2D eigenvalue weighted by atomic mass is 35.5. The first-order valence-corrected chi connectivity index (χ1v) is 7.63. The van der Waals surface area contributed by atoms with Gasteiger partial charge in [-0.15, -0.1) is 0 Å². The molecule has 1 aromatic rings. The van der Waals surface area contributed by atoms with E-state index >= 15 is 0 Å². The largest absolute Gasteiger partial charge is 0.493 e. The van der Waals surface area contributed by atoms with E-state index in [-0.39, 0.29) is 0 Å². The Hall–Kier alpha value is -0.730. The van der Waals surface area contributed by atoms with Crippen molar-refractivity contribution in [1.29, 1.82) is 0 Å². The summed E-state index contributed by atoms with van der Waals surface area (Å²) < 4.78 is 5.95. The topological polar surface area (TPSA) is 12.5 Å². The van der Waals surface area contributed by atoms with Crippen LogP contribution in [0, 0.1) is 0 Å². The number of nitrogens with zero attached hydrogens (tertiary/aromatic N) is 1. The summed E-state index contributed by atoms with van der Waals surface area (Å²) >= 11 is 6.43. The Kier molecular flexibility index (Phi) is 5.12. The number of rotatable bonds is 5. The van der Waals surface area contributed by atoms with Crippen LogP contribution in [0.2, 0.25) is 5.02 Å². The van der Waals surface area contributed by atoms with Gasteiger partial charge in [-0.25, -0.2) is 0 Å². The molecule has 0 fully saturated rings. The molecular formula is C16H24ClNO. The summed E-state index contributed by atoms with van der Waals surface area (Å²) in [7, 11) is 4.25. The van der Waals surface area contributed by atoms with Crippen LogP contribution in [0.1, 0.15) is 49.8 Å². The molecule has 0 bridgehead atoms. The molecule has 1 aliphatic rings. The number of fused-ring (bicyclic) bond motifs is 1. The van der Waals surface area contributed by atoms with E-state index in [1.165, 1.54) is 24.0 Å². The lowest BCUT2D eigenvalue weighted by Crippen LogP contribution is -2.25. The molecule has 0 aromatic heterocycles. The third kappa shape index (κ3) is 3.24. The number of benzene rings is 1. The van der Waals surface area contributed by atoms with Gasteiger partial charge in [0, 0.05) is 16.6 Å². The summed E-state index contributed by atoms with van der Waals surface area (Å²) in [6, 6.07) is 4.45. The van der Waals surface area contributed by atoms with Crippen molar-refractivity contribution >= 4 is 11.6 Å². The predicted molar refractivity (Wildman–Crippen MR) is 81.2 cm³/mol. The molecule has 1 unspecified atom stereocenters. The number of hydrogen-bond donors (Lipinski definition) is 0. The zero-order valence-corrected chi connectivity index (χ0v) is 13.0. The Balaban J connectivity index is 2.30. The normalized spacial score (nSPS) is 18.5. The first-order valence-electron chi connectivity index (χ1n) is 7.25. The highest BCUT2D eigenvalue weighted by Gasteiger charge is 2.26. The number of hydrogen-bond acceptors (Lipinski definition) is 2. The Labute approximate surface area is 121 Å². The Morgan fingerprint density at radius 2 is 2.16 bits per heavy atom. The molecule has 1 aromatic carbocycles. The van der Waals surface area contributed by atoms with Crippen LogP contribution in [0.15, 0.2) is 12.1 Å². The smallest absolute Gasteiger partial charge is 0.122 e.